The molecular formula is C13H14F3N3. The number of benzene rings is 1. The summed E-state index contributed by atoms with van der Waals surface area (Å²) < 4.78 is 40.4. The number of hydrogen-bond acceptors (Lipinski definition) is 2. The van der Waals surface area contributed by atoms with Gasteiger partial charge >= 0.3 is 6.18 Å². The van der Waals surface area contributed by atoms with Crippen molar-refractivity contribution in [1.29, 1.82) is 0 Å². The van der Waals surface area contributed by atoms with Gasteiger partial charge in [-0.25, -0.2) is 4.98 Å². The molecule has 0 saturated carbocycles. The Morgan fingerprint density at radius 3 is 2.68 bits per heavy atom. The number of alkyl halides is 3. The summed E-state index contributed by atoms with van der Waals surface area (Å²) in [4.78, 5) is 3.97. The molecule has 0 atom stereocenters. The maximum Gasteiger partial charge on any atom is 0.416 e. The molecule has 0 spiro atoms. The number of hydrogen-bond donors (Lipinski definition) is 1. The average molecular weight is 269 g/mol. The van der Waals surface area contributed by atoms with Crippen molar-refractivity contribution >= 4 is 0 Å². The number of imidazole rings is 1. The van der Waals surface area contributed by atoms with Crippen molar-refractivity contribution in [3.63, 3.8) is 0 Å². The number of aromatic nitrogens is 2. The molecule has 1 heterocycles. The van der Waals surface area contributed by atoms with Gasteiger partial charge in [-0.05, 0) is 18.7 Å². The van der Waals surface area contributed by atoms with E-state index in [1.54, 1.807) is 30.2 Å². The molecule has 0 aliphatic carbocycles. The molecule has 0 aliphatic rings. The van der Waals surface area contributed by atoms with Crippen LogP contribution < -0.4 is 5.32 Å². The van der Waals surface area contributed by atoms with E-state index in [0.29, 0.717) is 6.54 Å². The Balaban J connectivity index is 2.31. The standard InChI is InChI=1S/C13H14F3N3/c1-17-6-11-7-18-9-19(11)8-10-4-2-3-5-12(10)13(14,15)16/h2-5,7,9,17H,6,8H2,1H3. The second-order valence-electron chi connectivity index (χ2n) is 4.20. The van der Waals surface area contributed by atoms with Gasteiger partial charge in [-0.2, -0.15) is 13.2 Å². The van der Waals surface area contributed by atoms with Gasteiger partial charge in [0.05, 0.1) is 17.6 Å². The molecule has 6 heteroatoms. The summed E-state index contributed by atoms with van der Waals surface area (Å²) in [5, 5.41) is 2.96. The summed E-state index contributed by atoms with van der Waals surface area (Å²) in [5.41, 5.74) is 0.490. The van der Waals surface area contributed by atoms with E-state index >= 15 is 0 Å². The normalized spacial score (nSPS) is 11.8. The van der Waals surface area contributed by atoms with Crippen molar-refractivity contribution in [1.82, 2.24) is 14.9 Å². The van der Waals surface area contributed by atoms with Crippen LogP contribution in [0.5, 0.6) is 0 Å². The van der Waals surface area contributed by atoms with Crippen LogP contribution in [0.25, 0.3) is 0 Å². The molecule has 2 aromatic rings. The molecule has 0 radical (unpaired) electrons. The number of halogens is 3. The number of rotatable bonds is 4. The maximum absolute atomic E-state index is 12.9. The largest absolute Gasteiger partial charge is 0.416 e. The van der Waals surface area contributed by atoms with Crippen LogP contribution in [-0.4, -0.2) is 16.6 Å². The minimum Gasteiger partial charge on any atom is -0.329 e. The summed E-state index contributed by atoms with van der Waals surface area (Å²) in [6.45, 7) is 0.723. The first-order valence-electron chi connectivity index (χ1n) is 5.81. The van der Waals surface area contributed by atoms with Gasteiger partial charge in [0.15, 0.2) is 0 Å². The minimum atomic E-state index is -4.33. The van der Waals surface area contributed by atoms with Gasteiger partial charge in [0.2, 0.25) is 0 Å². The smallest absolute Gasteiger partial charge is 0.329 e. The van der Waals surface area contributed by atoms with E-state index < -0.39 is 11.7 Å². The fourth-order valence-electron chi connectivity index (χ4n) is 1.94. The first-order chi connectivity index (χ1) is 9.02. The molecule has 3 nitrogen and oxygen atoms in total. The summed E-state index contributed by atoms with van der Waals surface area (Å²) in [5.74, 6) is 0. The van der Waals surface area contributed by atoms with Crippen LogP contribution in [0, 0.1) is 0 Å². The van der Waals surface area contributed by atoms with E-state index in [-0.39, 0.29) is 12.1 Å². The lowest BCUT2D eigenvalue weighted by molar-refractivity contribution is -0.138. The zero-order chi connectivity index (χ0) is 13.9. The third-order valence-electron chi connectivity index (χ3n) is 2.82. The van der Waals surface area contributed by atoms with E-state index in [2.05, 4.69) is 10.3 Å². The lowest BCUT2D eigenvalue weighted by atomic mass is 10.1. The third-order valence-corrected chi connectivity index (χ3v) is 2.82. The molecule has 0 bridgehead atoms. The molecule has 0 fully saturated rings. The predicted molar refractivity (Wildman–Crippen MR) is 65.5 cm³/mol. The van der Waals surface area contributed by atoms with Crippen molar-refractivity contribution < 1.29 is 13.2 Å². The fourth-order valence-corrected chi connectivity index (χ4v) is 1.94. The zero-order valence-corrected chi connectivity index (χ0v) is 10.4. The highest BCUT2D eigenvalue weighted by Crippen LogP contribution is 2.32. The molecule has 1 aromatic carbocycles. The van der Waals surface area contributed by atoms with Crippen LogP contribution in [0.3, 0.4) is 0 Å². The lowest BCUT2D eigenvalue weighted by Gasteiger charge is -2.14. The summed E-state index contributed by atoms with van der Waals surface area (Å²) in [6, 6.07) is 5.60. The van der Waals surface area contributed by atoms with Crippen LogP contribution in [0.4, 0.5) is 13.2 Å². The van der Waals surface area contributed by atoms with Crippen LogP contribution in [-0.2, 0) is 19.3 Å². The molecule has 1 N–H and O–H groups in total. The van der Waals surface area contributed by atoms with Gasteiger partial charge in [0, 0.05) is 19.3 Å². The molecule has 0 amide bonds. The van der Waals surface area contributed by atoms with E-state index in [0.717, 1.165) is 11.8 Å². The topological polar surface area (TPSA) is 29.9 Å². The quantitative estimate of drug-likeness (QED) is 0.924. The summed E-state index contributed by atoms with van der Waals surface area (Å²) in [6.07, 6.45) is -1.15. The predicted octanol–water partition coefficient (Wildman–Crippen LogP) is 2.67. The molecule has 19 heavy (non-hydrogen) atoms. The summed E-state index contributed by atoms with van der Waals surface area (Å²) in [7, 11) is 1.78. The molecule has 2 rings (SSSR count). The number of nitrogens with one attached hydrogen (secondary N) is 1. The lowest BCUT2D eigenvalue weighted by Crippen LogP contribution is -2.14. The Morgan fingerprint density at radius 1 is 1.26 bits per heavy atom. The first-order valence-corrected chi connectivity index (χ1v) is 5.81. The van der Waals surface area contributed by atoms with E-state index in [1.165, 1.54) is 12.1 Å². The first kappa shape index (κ1) is 13.6. The van der Waals surface area contributed by atoms with Crippen molar-refractivity contribution in [3.05, 3.63) is 53.6 Å². The van der Waals surface area contributed by atoms with Crippen molar-refractivity contribution in [3.8, 4) is 0 Å². The highest BCUT2D eigenvalue weighted by molar-refractivity contribution is 5.30. The van der Waals surface area contributed by atoms with Crippen LogP contribution in [0.1, 0.15) is 16.8 Å². The Morgan fingerprint density at radius 2 is 2.00 bits per heavy atom. The van der Waals surface area contributed by atoms with Crippen molar-refractivity contribution in [2.75, 3.05) is 7.05 Å². The monoisotopic (exact) mass is 269 g/mol. The van der Waals surface area contributed by atoms with Gasteiger partial charge in [0.25, 0.3) is 0 Å². The Bertz CT molecular complexity index is 546. The Labute approximate surface area is 109 Å². The average Bonchev–Trinajstić information content (AvgIpc) is 2.77. The van der Waals surface area contributed by atoms with Crippen molar-refractivity contribution in [2.24, 2.45) is 0 Å². The second-order valence-corrected chi connectivity index (χ2v) is 4.20. The Kier molecular flexibility index (Phi) is 3.90. The van der Waals surface area contributed by atoms with Gasteiger partial charge in [-0.1, -0.05) is 18.2 Å². The van der Waals surface area contributed by atoms with Crippen LogP contribution >= 0.6 is 0 Å². The maximum atomic E-state index is 12.9. The zero-order valence-electron chi connectivity index (χ0n) is 10.4. The second kappa shape index (κ2) is 5.44. The molecule has 0 saturated heterocycles. The molecule has 0 aliphatic heterocycles. The molecular weight excluding hydrogens is 255 g/mol. The van der Waals surface area contributed by atoms with E-state index in [1.807, 2.05) is 0 Å². The Hall–Kier alpha value is -1.82. The molecule has 0 unspecified atom stereocenters. The third kappa shape index (κ3) is 3.14. The number of nitrogens with zero attached hydrogens (tertiary/aromatic N) is 2. The van der Waals surface area contributed by atoms with E-state index in [4.69, 9.17) is 0 Å². The van der Waals surface area contributed by atoms with Crippen LogP contribution in [0.2, 0.25) is 0 Å². The van der Waals surface area contributed by atoms with Crippen molar-refractivity contribution in [2.45, 2.75) is 19.3 Å². The van der Waals surface area contributed by atoms with Gasteiger partial charge < -0.3 is 9.88 Å². The van der Waals surface area contributed by atoms with E-state index in [9.17, 15) is 13.2 Å². The molecule has 1 aromatic heterocycles. The highest BCUT2D eigenvalue weighted by Gasteiger charge is 2.32. The van der Waals surface area contributed by atoms with Gasteiger partial charge in [-0.3, -0.25) is 0 Å². The summed E-state index contributed by atoms with van der Waals surface area (Å²) >= 11 is 0. The van der Waals surface area contributed by atoms with Crippen LogP contribution in [0.15, 0.2) is 36.8 Å². The fraction of sp³-hybridized carbons (Fsp3) is 0.308. The van der Waals surface area contributed by atoms with Gasteiger partial charge in [0.1, 0.15) is 0 Å². The molecule has 102 valence electrons. The minimum absolute atomic E-state index is 0.159. The van der Waals surface area contributed by atoms with Gasteiger partial charge in [-0.15, -0.1) is 0 Å². The SMILES string of the molecule is CNCc1cncn1Cc1ccccc1C(F)(F)F. The highest BCUT2D eigenvalue weighted by atomic mass is 19.4.